The summed E-state index contributed by atoms with van der Waals surface area (Å²) in [5, 5.41) is 12.7. The predicted molar refractivity (Wildman–Crippen MR) is 145 cm³/mol. The number of ether oxygens (including phenoxy) is 4. The summed E-state index contributed by atoms with van der Waals surface area (Å²) in [6, 6.07) is 16.4. The number of nitriles is 1. The summed E-state index contributed by atoms with van der Waals surface area (Å²) in [4.78, 5) is 12.9. The Hall–Kier alpha value is -4.15. The van der Waals surface area contributed by atoms with Gasteiger partial charge >= 0.3 is 0 Å². The van der Waals surface area contributed by atoms with Crippen LogP contribution in [0.2, 0.25) is 5.02 Å². The second-order valence-electron chi connectivity index (χ2n) is 8.16. The standard InChI is InChI=1S/C29H29ClN2O5/c1-6-36-28-13-20(9-10-25(28)37-17-21-8-7-18(2)19(3)11-21)12-22(16-31)29(33)32-24-15-26(34-4)23(30)14-27(24)35-5/h7-15H,6,17H2,1-5H3,(H,32,33)/b22-12+. The van der Waals surface area contributed by atoms with Crippen molar-refractivity contribution in [3.63, 3.8) is 0 Å². The second-order valence-corrected chi connectivity index (χ2v) is 8.56. The van der Waals surface area contributed by atoms with Crippen LogP contribution in [0.25, 0.3) is 6.08 Å². The van der Waals surface area contributed by atoms with E-state index in [1.165, 1.54) is 43.6 Å². The van der Waals surface area contributed by atoms with Gasteiger partial charge in [-0.2, -0.15) is 5.26 Å². The van der Waals surface area contributed by atoms with Crippen LogP contribution in [0, 0.1) is 25.2 Å². The van der Waals surface area contributed by atoms with Gasteiger partial charge in [0, 0.05) is 12.1 Å². The van der Waals surface area contributed by atoms with Crippen LogP contribution in [0.3, 0.4) is 0 Å². The Balaban J connectivity index is 1.83. The Bertz CT molecular complexity index is 1360. The van der Waals surface area contributed by atoms with Crippen LogP contribution in [0.1, 0.15) is 29.2 Å². The van der Waals surface area contributed by atoms with Gasteiger partial charge in [0.2, 0.25) is 0 Å². The minimum Gasteiger partial charge on any atom is -0.495 e. The largest absolute Gasteiger partial charge is 0.495 e. The van der Waals surface area contributed by atoms with E-state index in [9.17, 15) is 10.1 Å². The molecule has 0 fully saturated rings. The van der Waals surface area contributed by atoms with Crippen molar-refractivity contribution >= 4 is 29.3 Å². The van der Waals surface area contributed by atoms with E-state index in [4.69, 9.17) is 30.5 Å². The van der Waals surface area contributed by atoms with Gasteiger partial charge in [-0.05, 0) is 61.2 Å². The molecular weight excluding hydrogens is 492 g/mol. The number of nitrogens with zero attached hydrogens (tertiary/aromatic N) is 1. The molecule has 8 heteroatoms. The van der Waals surface area contributed by atoms with Gasteiger partial charge in [-0.3, -0.25) is 4.79 Å². The first-order chi connectivity index (χ1) is 17.8. The molecule has 0 saturated carbocycles. The molecule has 0 aliphatic carbocycles. The van der Waals surface area contributed by atoms with Crippen molar-refractivity contribution in [2.45, 2.75) is 27.4 Å². The molecule has 3 aromatic rings. The lowest BCUT2D eigenvalue weighted by Gasteiger charge is -2.14. The summed E-state index contributed by atoms with van der Waals surface area (Å²) in [5.41, 5.74) is 4.29. The molecule has 0 atom stereocenters. The van der Waals surface area contributed by atoms with Crippen molar-refractivity contribution in [3.8, 4) is 29.1 Å². The molecule has 0 aliphatic heterocycles. The maximum Gasteiger partial charge on any atom is 0.266 e. The van der Waals surface area contributed by atoms with Crippen molar-refractivity contribution in [2.24, 2.45) is 0 Å². The normalized spacial score (nSPS) is 10.9. The van der Waals surface area contributed by atoms with Crippen LogP contribution >= 0.6 is 11.6 Å². The van der Waals surface area contributed by atoms with Crippen molar-refractivity contribution in [3.05, 3.63) is 81.4 Å². The fourth-order valence-electron chi connectivity index (χ4n) is 3.52. The SMILES string of the molecule is CCOc1cc(/C=C(\C#N)C(=O)Nc2cc(OC)c(Cl)cc2OC)ccc1OCc1ccc(C)c(C)c1. The van der Waals surface area contributed by atoms with Crippen molar-refractivity contribution < 1.29 is 23.7 Å². The Morgan fingerprint density at radius 2 is 1.70 bits per heavy atom. The summed E-state index contributed by atoms with van der Waals surface area (Å²) in [6.07, 6.45) is 1.48. The number of carbonyl (C=O) groups is 1. The van der Waals surface area contributed by atoms with E-state index in [0.717, 1.165) is 5.56 Å². The summed E-state index contributed by atoms with van der Waals surface area (Å²) < 4.78 is 22.3. The first kappa shape index (κ1) is 27.4. The maximum absolute atomic E-state index is 12.9. The highest BCUT2D eigenvalue weighted by molar-refractivity contribution is 6.32. The third kappa shape index (κ3) is 6.96. The number of methoxy groups -OCH3 is 2. The van der Waals surface area contributed by atoms with E-state index in [1.807, 2.05) is 19.1 Å². The Kier molecular flexibility index (Phi) is 9.42. The average molecular weight is 521 g/mol. The molecule has 7 nitrogen and oxygen atoms in total. The van der Waals surface area contributed by atoms with Crippen LogP contribution in [-0.4, -0.2) is 26.7 Å². The van der Waals surface area contributed by atoms with E-state index < -0.39 is 5.91 Å². The highest BCUT2D eigenvalue weighted by atomic mass is 35.5. The number of anilines is 1. The number of hydrogen-bond acceptors (Lipinski definition) is 6. The molecule has 0 heterocycles. The monoisotopic (exact) mass is 520 g/mol. The van der Waals surface area contributed by atoms with Gasteiger partial charge in [-0.25, -0.2) is 0 Å². The van der Waals surface area contributed by atoms with Gasteiger partial charge in [0.05, 0.1) is 31.5 Å². The number of carbonyl (C=O) groups excluding carboxylic acids is 1. The highest BCUT2D eigenvalue weighted by Gasteiger charge is 2.16. The predicted octanol–water partition coefficient (Wildman–Crippen LogP) is 6.50. The Morgan fingerprint density at radius 1 is 0.946 bits per heavy atom. The van der Waals surface area contributed by atoms with E-state index in [1.54, 1.807) is 18.2 Å². The van der Waals surface area contributed by atoms with Crippen LogP contribution in [0.5, 0.6) is 23.0 Å². The van der Waals surface area contributed by atoms with Crippen LogP contribution in [-0.2, 0) is 11.4 Å². The zero-order valence-corrected chi connectivity index (χ0v) is 22.2. The van der Waals surface area contributed by atoms with E-state index >= 15 is 0 Å². The number of benzene rings is 3. The van der Waals surface area contributed by atoms with Gasteiger partial charge in [-0.15, -0.1) is 0 Å². The molecule has 37 heavy (non-hydrogen) atoms. The zero-order chi connectivity index (χ0) is 26.9. The van der Waals surface area contributed by atoms with Crippen molar-refractivity contribution in [2.75, 3.05) is 26.1 Å². The number of hydrogen-bond donors (Lipinski definition) is 1. The van der Waals surface area contributed by atoms with E-state index in [-0.39, 0.29) is 5.57 Å². The first-order valence-corrected chi connectivity index (χ1v) is 12.0. The van der Waals surface area contributed by atoms with Gasteiger partial charge < -0.3 is 24.3 Å². The molecule has 3 aromatic carbocycles. The highest BCUT2D eigenvalue weighted by Crippen LogP contribution is 2.36. The number of aryl methyl sites for hydroxylation is 2. The number of halogens is 1. The second kappa shape index (κ2) is 12.7. The fourth-order valence-corrected chi connectivity index (χ4v) is 3.75. The third-order valence-electron chi connectivity index (χ3n) is 5.63. The Morgan fingerprint density at radius 3 is 2.35 bits per heavy atom. The van der Waals surface area contributed by atoms with Gasteiger partial charge in [0.25, 0.3) is 5.91 Å². The molecule has 1 N–H and O–H groups in total. The molecular formula is C29H29ClN2O5. The molecule has 0 spiro atoms. The summed E-state index contributed by atoms with van der Waals surface area (Å²) in [7, 11) is 2.92. The third-order valence-corrected chi connectivity index (χ3v) is 5.93. The molecule has 1 amide bonds. The zero-order valence-electron chi connectivity index (χ0n) is 21.5. The minimum absolute atomic E-state index is 0.109. The quantitative estimate of drug-likeness (QED) is 0.242. The molecule has 0 aliphatic rings. The smallest absolute Gasteiger partial charge is 0.266 e. The maximum atomic E-state index is 12.9. The van der Waals surface area contributed by atoms with Crippen LogP contribution in [0.15, 0.2) is 54.1 Å². The molecule has 0 saturated heterocycles. The Labute approximate surface area is 222 Å². The van der Waals surface area contributed by atoms with Gasteiger partial charge in [-0.1, -0.05) is 35.9 Å². The number of amides is 1. The average Bonchev–Trinajstić information content (AvgIpc) is 2.89. The lowest BCUT2D eigenvalue weighted by atomic mass is 10.1. The van der Waals surface area contributed by atoms with Crippen molar-refractivity contribution in [1.82, 2.24) is 0 Å². The van der Waals surface area contributed by atoms with Gasteiger partial charge in [0.1, 0.15) is 29.7 Å². The topological polar surface area (TPSA) is 89.8 Å². The summed E-state index contributed by atoms with van der Waals surface area (Å²) in [6.45, 7) is 6.81. The lowest BCUT2D eigenvalue weighted by molar-refractivity contribution is -0.112. The van der Waals surface area contributed by atoms with Crippen LogP contribution in [0.4, 0.5) is 5.69 Å². The van der Waals surface area contributed by atoms with Crippen molar-refractivity contribution in [1.29, 1.82) is 5.26 Å². The molecule has 0 aromatic heterocycles. The molecule has 3 rings (SSSR count). The van der Waals surface area contributed by atoms with Crippen LogP contribution < -0.4 is 24.3 Å². The molecule has 0 radical (unpaired) electrons. The lowest BCUT2D eigenvalue weighted by Crippen LogP contribution is -2.14. The fraction of sp³-hybridized carbons (Fsp3) is 0.241. The first-order valence-electron chi connectivity index (χ1n) is 11.6. The van der Waals surface area contributed by atoms with E-state index in [0.29, 0.717) is 52.5 Å². The number of rotatable bonds is 10. The molecule has 0 bridgehead atoms. The minimum atomic E-state index is -0.613. The summed E-state index contributed by atoms with van der Waals surface area (Å²) >= 11 is 6.13. The van der Waals surface area contributed by atoms with Gasteiger partial charge in [0.15, 0.2) is 11.5 Å². The van der Waals surface area contributed by atoms with E-state index in [2.05, 4.69) is 31.3 Å². The molecule has 192 valence electrons. The number of nitrogens with one attached hydrogen (secondary N) is 1. The molecule has 0 unspecified atom stereocenters. The summed E-state index contributed by atoms with van der Waals surface area (Å²) in [5.74, 6) is 1.16.